The van der Waals surface area contributed by atoms with Gasteiger partial charge in [-0.1, -0.05) is 50.3 Å². The highest BCUT2D eigenvalue weighted by Crippen LogP contribution is 2.28. The Kier molecular flexibility index (Phi) is 5.32. The molecule has 1 heterocycles. The molecule has 1 aliphatic rings. The van der Waals surface area contributed by atoms with E-state index in [0.717, 1.165) is 19.6 Å². The number of hydrogen-bond acceptors (Lipinski definition) is 2. The lowest BCUT2D eigenvalue weighted by molar-refractivity contribution is -0.228. The van der Waals surface area contributed by atoms with E-state index in [1.807, 2.05) is 0 Å². The van der Waals surface area contributed by atoms with Crippen molar-refractivity contribution in [1.29, 1.82) is 0 Å². The fraction of sp³-hybridized carbons (Fsp3) is 1.00. The molecule has 90 valence electrons. The predicted octanol–water partition coefficient (Wildman–Crippen LogP) is 3.48. The van der Waals surface area contributed by atoms with Gasteiger partial charge in [-0.3, -0.25) is 0 Å². The average Bonchev–Trinajstić information content (AvgIpc) is 2.15. The normalized spacial score (nSPS) is 24.4. The van der Waals surface area contributed by atoms with Crippen molar-refractivity contribution in [3.05, 3.63) is 0 Å². The average molecular weight is 326 g/mol. The maximum absolute atomic E-state index is 5.75. The highest BCUT2D eigenvalue weighted by atomic mass is 127. The van der Waals surface area contributed by atoms with Crippen LogP contribution in [0.1, 0.15) is 34.1 Å². The van der Waals surface area contributed by atoms with Gasteiger partial charge in [0.2, 0.25) is 0 Å². The summed E-state index contributed by atoms with van der Waals surface area (Å²) in [6, 6.07) is 0. The van der Waals surface area contributed by atoms with Gasteiger partial charge in [0.05, 0.1) is 13.2 Å². The topological polar surface area (TPSA) is 18.5 Å². The van der Waals surface area contributed by atoms with Crippen LogP contribution in [0.15, 0.2) is 0 Å². The fourth-order valence-corrected chi connectivity index (χ4v) is 3.00. The zero-order valence-electron chi connectivity index (χ0n) is 10.3. The number of hydrogen-bond donors (Lipinski definition) is 0. The van der Waals surface area contributed by atoms with Gasteiger partial charge in [0.15, 0.2) is 6.29 Å². The molecule has 1 saturated heterocycles. The Balaban J connectivity index is 2.34. The summed E-state index contributed by atoms with van der Waals surface area (Å²) in [5, 5.41) is 0. The number of halogens is 1. The molecule has 3 heteroatoms. The van der Waals surface area contributed by atoms with Gasteiger partial charge in [0.25, 0.3) is 0 Å². The van der Waals surface area contributed by atoms with E-state index in [1.54, 1.807) is 0 Å². The van der Waals surface area contributed by atoms with Gasteiger partial charge in [-0.05, 0) is 11.8 Å². The zero-order valence-corrected chi connectivity index (χ0v) is 12.4. The highest BCUT2D eigenvalue weighted by Gasteiger charge is 2.30. The largest absolute Gasteiger partial charge is 0.352 e. The first-order valence-electron chi connectivity index (χ1n) is 5.74. The molecule has 0 N–H and O–H groups in total. The van der Waals surface area contributed by atoms with Crippen LogP contribution in [0.5, 0.6) is 0 Å². The van der Waals surface area contributed by atoms with Crippen molar-refractivity contribution >= 4 is 22.6 Å². The lowest BCUT2D eigenvalue weighted by Crippen LogP contribution is -2.39. The molecule has 0 saturated carbocycles. The van der Waals surface area contributed by atoms with E-state index in [4.69, 9.17) is 9.47 Å². The Labute approximate surface area is 107 Å². The van der Waals surface area contributed by atoms with Crippen LogP contribution in [0.3, 0.4) is 0 Å². The maximum atomic E-state index is 5.75. The Morgan fingerprint density at radius 2 is 1.80 bits per heavy atom. The first kappa shape index (κ1) is 13.7. The molecule has 0 spiro atoms. The molecule has 1 atom stereocenters. The third-order valence-corrected chi connectivity index (χ3v) is 4.09. The van der Waals surface area contributed by atoms with Crippen LogP contribution in [0.2, 0.25) is 0 Å². The zero-order chi connectivity index (χ0) is 11.5. The maximum Gasteiger partial charge on any atom is 0.157 e. The molecule has 0 amide bonds. The van der Waals surface area contributed by atoms with E-state index in [-0.39, 0.29) is 11.7 Å². The van der Waals surface area contributed by atoms with Crippen LogP contribution >= 0.6 is 22.6 Å². The van der Waals surface area contributed by atoms with Crippen molar-refractivity contribution < 1.29 is 9.47 Å². The Morgan fingerprint density at radius 3 is 2.20 bits per heavy atom. The molecule has 15 heavy (non-hydrogen) atoms. The van der Waals surface area contributed by atoms with Gasteiger partial charge >= 0.3 is 0 Å². The van der Waals surface area contributed by atoms with Gasteiger partial charge in [-0.2, -0.15) is 0 Å². The van der Waals surface area contributed by atoms with Crippen molar-refractivity contribution in [2.24, 2.45) is 17.3 Å². The Hall–Kier alpha value is 0.650. The first-order chi connectivity index (χ1) is 6.94. The first-order valence-corrected chi connectivity index (χ1v) is 7.26. The molecular formula is C12H23IO2. The van der Waals surface area contributed by atoms with Crippen molar-refractivity contribution in [3.8, 4) is 0 Å². The van der Waals surface area contributed by atoms with Crippen molar-refractivity contribution in [3.63, 3.8) is 0 Å². The van der Waals surface area contributed by atoms with E-state index in [9.17, 15) is 0 Å². The molecule has 1 fully saturated rings. The molecular weight excluding hydrogens is 303 g/mol. The third-order valence-electron chi connectivity index (χ3n) is 2.96. The van der Waals surface area contributed by atoms with Gasteiger partial charge in [-0.15, -0.1) is 0 Å². The summed E-state index contributed by atoms with van der Waals surface area (Å²) in [7, 11) is 0. The number of rotatable bonds is 4. The summed E-state index contributed by atoms with van der Waals surface area (Å²) in [5.41, 5.74) is 0.189. The minimum atomic E-state index is 0.0280. The van der Waals surface area contributed by atoms with Crippen LogP contribution in [-0.2, 0) is 9.47 Å². The lowest BCUT2D eigenvalue weighted by Gasteiger charge is -2.36. The van der Waals surface area contributed by atoms with E-state index >= 15 is 0 Å². The van der Waals surface area contributed by atoms with Crippen molar-refractivity contribution in [1.82, 2.24) is 0 Å². The fourth-order valence-electron chi connectivity index (χ4n) is 1.62. The van der Waals surface area contributed by atoms with Crippen LogP contribution in [-0.4, -0.2) is 23.9 Å². The summed E-state index contributed by atoms with van der Waals surface area (Å²) >= 11 is 2.46. The lowest BCUT2D eigenvalue weighted by atomic mass is 9.92. The van der Waals surface area contributed by atoms with Crippen LogP contribution in [0.4, 0.5) is 0 Å². The molecule has 0 aromatic carbocycles. The van der Waals surface area contributed by atoms with E-state index in [2.05, 4.69) is 50.3 Å². The van der Waals surface area contributed by atoms with Crippen LogP contribution < -0.4 is 0 Å². The van der Waals surface area contributed by atoms with Crippen molar-refractivity contribution in [2.45, 2.75) is 40.4 Å². The molecule has 0 radical (unpaired) electrons. The minimum Gasteiger partial charge on any atom is -0.352 e. The highest BCUT2D eigenvalue weighted by molar-refractivity contribution is 14.1. The van der Waals surface area contributed by atoms with Crippen LogP contribution in [0, 0.1) is 17.3 Å². The van der Waals surface area contributed by atoms with Crippen LogP contribution in [0.25, 0.3) is 0 Å². The van der Waals surface area contributed by atoms with E-state index in [1.165, 1.54) is 4.43 Å². The number of ether oxygens (including phenoxy) is 2. The minimum absolute atomic E-state index is 0.0280. The summed E-state index contributed by atoms with van der Waals surface area (Å²) < 4.78 is 12.7. The SMILES string of the molecule is CC(C)C(CI)CC1OCC(C)(C)CO1. The van der Waals surface area contributed by atoms with Gasteiger partial charge in [0, 0.05) is 16.3 Å². The summed E-state index contributed by atoms with van der Waals surface area (Å²) in [6.07, 6.45) is 1.07. The van der Waals surface area contributed by atoms with E-state index in [0.29, 0.717) is 11.8 Å². The quantitative estimate of drug-likeness (QED) is 0.582. The molecule has 1 rings (SSSR count). The van der Waals surface area contributed by atoms with Crippen molar-refractivity contribution in [2.75, 3.05) is 17.6 Å². The molecule has 2 nitrogen and oxygen atoms in total. The molecule has 0 aromatic heterocycles. The third kappa shape index (κ3) is 4.57. The predicted molar refractivity (Wildman–Crippen MR) is 71.3 cm³/mol. The molecule has 1 unspecified atom stereocenters. The Morgan fingerprint density at radius 1 is 1.27 bits per heavy atom. The second-order valence-electron chi connectivity index (χ2n) is 5.61. The smallest absolute Gasteiger partial charge is 0.157 e. The second kappa shape index (κ2) is 5.82. The van der Waals surface area contributed by atoms with E-state index < -0.39 is 0 Å². The number of alkyl halides is 1. The van der Waals surface area contributed by atoms with Gasteiger partial charge in [0.1, 0.15) is 0 Å². The molecule has 0 bridgehead atoms. The Bertz CT molecular complexity index is 182. The van der Waals surface area contributed by atoms with Gasteiger partial charge < -0.3 is 9.47 Å². The molecule has 0 aromatic rings. The molecule has 1 aliphatic heterocycles. The summed E-state index contributed by atoms with van der Waals surface area (Å²) in [6.45, 7) is 10.6. The summed E-state index contributed by atoms with van der Waals surface area (Å²) in [4.78, 5) is 0. The standard InChI is InChI=1S/C12H23IO2/c1-9(2)10(6-13)5-11-14-7-12(3,4)8-15-11/h9-11H,5-8H2,1-4H3. The second-order valence-corrected chi connectivity index (χ2v) is 6.49. The van der Waals surface area contributed by atoms with Gasteiger partial charge in [-0.25, -0.2) is 0 Å². The monoisotopic (exact) mass is 326 g/mol. The molecule has 0 aliphatic carbocycles. The summed E-state index contributed by atoms with van der Waals surface area (Å²) in [5.74, 6) is 1.42.